The minimum Gasteiger partial charge on any atom is -0.481 e. The number of ether oxygens (including phenoxy) is 1. The van der Waals surface area contributed by atoms with Gasteiger partial charge in [0.25, 0.3) is 0 Å². The summed E-state index contributed by atoms with van der Waals surface area (Å²) in [5.74, 6) is 0.643. The van der Waals surface area contributed by atoms with E-state index in [0.29, 0.717) is 18.5 Å². The van der Waals surface area contributed by atoms with Gasteiger partial charge in [-0.1, -0.05) is 6.07 Å². The first-order valence-corrected chi connectivity index (χ1v) is 7.26. The summed E-state index contributed by atoms with van der Waals surface area (Å²) in [5, 5.41) is 0. The number of likely N-dealkylation sites (tertiary alicyclic amines) is 1. The molecule has 1 saturated heterocycles. The van der Waals surface area contributed by atoms with Crippen LogP contribution in [0.5, 0.6) is 5.88 Å². The van der Waals surface area contributed by atoms with Crippen molar-refractivity contribution >= 4 is 0 Å². The topological polar surface area (TPSA) is 54.6 Å². The van der Waals surface area contributed by atoms with Crippen LogP contribution in [0.1, 0.15) is 24.4 Å². The number of rotatable bonds is 5. The smallest absolute Gasteiger partial charge is 0.212 e. The monoisotopic (exact) mass is 278 g/mol. The molecule has 2 N–H and O–H groups in total. The van der Waals surface area contributed by atoms with Crippen LogP contribution in [0.4, 0.5) is 0 Å². The number of hydrogen-bond donors (Lipinski definition) is 1. The first kappa shape index (κ1) is 15.2. The van der Waals surface area contributed by atoms with E-state index in [9.17, 15) is 0 Å². The van der Waals surface area contributed by atoms with Gasteiger partial charge in [-0.3, -0.25) is 4.90 Å². The van der Waals surface area contributed by atoms with Gasteiger partial charge in [-0.15, -0.1) is 0 Å². The SMILES string of the molecule is COc1ccc(C(CN)N(C)C2CCCN(C)C2)cn1. The number of nitrogens with two attached hydrogens (primary N) is 1. The second-order valence-electron chi connectivity index (χ2n) is 5.61. The zero-order valence-corrected chi connectivity index (χ0v) is 12.7. The van der Waals surface area contributed by atoms with Crippen molar-refractivity contribution in [3.05, 3.63) is 23.9 Å². The fraction of sp³-hybridized carbons (Fsp3) is 0.667. The maximum atomic E-state index is 6.00. The molecule has 0 bridgehead atoms. The van der Waals surface area contributed by atoms with Crippen molar-refractivity contribution in [3.8, 4) is 5.88 Å². The van der Waals surface area contributed by atoms with Gasteiger partial charge in [-0.05, 0) is 39.0 Å². The lowest BCUT2D eigenvalue weighted by molar-refractivity contribution is 0.101. The second-order valence-corrected chi connectivity index (χ2v) is 5.61. The zero-order chi connectivity index (χ0) is 14.5. The van der Waals surface area contributed by atoms with E-state index in [4.69, 9.17) is 10.5 Å². The molecule has 0 amide bonds. The van der Waals surface area contributed by atoms with Crippen molar-refractivity contribution in [3.63, 3.8) is 0 Å². The molecule has 112 valence electrons. The summed E-state index contributed by atoms with van der Waals surface area (Å²) in [7, 11) is 5.99. The molecule has 0 aromatic carbocycles. The Bertz CT molecular complexity index is 409. The van der Waals surface area contributed by atoms with Crippen LogP contribution in [-0.2, 0) is 0 Å². The van der Waals surface area contributed by atoms with Crippen LogP contribution in [0.15, 0.2) is 18.3 Å². The van der Waals surface area contributed by atoms with Crippen molar-refractivity contribution in [1.29, 1.82) is 0 Å². The number of aromatic nitrogens is 1. The van der Waals surface area contributed by atoms with Gasteiger partial charge < -0.3 is 15.4 Å². The first-order valence-electron chi connectivity index (χ1n) is 7.26. The van der Waals surface area contributed by atoms with Gasteiger partial charge in [0, 0.05) is 37.4 Å². The average molecular weight is 278 g/mol. The second kappa shape index (κ2) is 7.02. The number of hydrogen-bond acceptors (Lipinski definition) is 5. The van der Waals surface area contributed by atoms with Crippen LogP contribution in [0.25, 0.3) is 0 Å². The van der Waals surface area contributed by atoms with Crippen LogP contribution in [0.2, 0.25) is 0 Å². The molecule has 5 heteroatoms. The van der Waals surface area contributed by atoms with Crippen LogP contribution in [0, 0.1) is 0 Å². The van der Waals surface area contributed by atoms with E-state index in [2.05, 4.69) is 34.9 Å². The fourth-order valence-electron chi connectivity index (χ4n) is 2.97. The number of pyridine rings is 1. The average Bonchev–Trinajstić information content (AvgIpc) is 2.48. The Balaban J connectivity index is 2.09. The van der Waals surface area contributed by atoms with Crippen molar-refractivity contribution in [2.75, 3.05) is 40.8 Å². The van der Waals surface area contributed by atoms with Crippen molar-refractivity contribution in [1.82, 2.24) is 14.8 Å². The third kappa shape index (κ3) is 3.48. The van der Waals surface area contributed by atoms with E-state index in [1.807, 2.05) is 12.3 Å². The van der Waals surface area contributed by atoms with Gasteiger partial charge in [-0.2, -0.15) is 0 Å². The highest BCUT2D eigenvalue weighted by Gasteiger charge is 2.26. The predicted molar refractivity (Wildman–Crippen MR) is 80.9 cm³/mol. The molecule has 2 heterocycles. The van der Waals surface area contributed by atoms with Gasteiger partial charge in [-0.25, -0.2) is 4.98 Å². The van der Waals surface area contributed by atoms with E-state index in [1.54, 1.807) is 7.11 Å². The maximum absolute atomic E-state index is 6.00. The maximum Gasteiger partial charge on any atom is 0.212 e. The Kier molecular flexibility index (Phi) is 5.34. The highest BCUT2D eigenvalue weighted by atomic mass is 16.5. The minimum atomic E-state index is 0.213. The molecule has 5 nitrogen and oxygen atoms in total. The molecule has 0 radical (unpaired) electrons. The number of nitrogens with zero attached hydrogens (tertiary/aromatic N) is 3. The number of methoxy groups -OCH3 is 1. The molecule has 1 fully saturated rings. The highest BCUT2D eigenvalue weighted by molar-refractivity contribution is 5.21. The summed E-state index contributed by atoms with van der Waals surface area (Å²) in [4.78, 5) is 9.09. The minimum absolute atomic E-state index is 0.213. The standard InChI is InChI=1S/C15H26N4O/c1-18-8-4-5-13(11-18)19(2)14(9-16)12-6-7-15(20-3)17-10-12/h6-7,10,13-14H,4-5,8-9,11,16H2,1-3H3. The summed E-state index contributed by atoms with van der Waals surface area (Å²) >= 11 is 0. The van der Waals surface area contributed by atoms with E-state index >= 15 is 0 Å². The lowest BCUT2D eigenvalue weighted by Crippen LogP contribution is -2.47. The molecule has 1 aliphatic heterocycles. The third-order valence-corrected chi connectivity index (χ3v) is 4.24. The Labute approximate surface area is 121 Å². The van der Waals surface area contributed by atoms with Gasteiger partial charge in [0.2, 0.25) is 5.88 Å². The van der Waals surface area contributed by atoms with E-state index < -0.39 is 0 Å². The summed E-state index contributed by atoms with van der Waals surface area (Å²) in [5.41, 5.74) is 7.16. The Morgan fingerprint density at radius 3 is 2.90 bits per heavy atom. The van der Waals surface area contributed by atoms with E-state index in [0.717, 1.165) is 12.1 Å². The summed E-state index contributed by atoms with van der Waals surface area (Å²) < 4.78 is 5.11. The molecule has 0 spiro atoms. The molecule has 1 aliphatic rings. The lowest BCUT2D eigenvalue weighted by Gasteiger charge is -2.39. The molecule has 0 saturated carbocycles. The zero-order valence-electron chi connectivity index (χ0n) is 12.7. The van der Waals surface area contributed by atoms with E-state index in [-0.39, 0.29) is 6.04 Å². The van der Waals surface area contributed by atoms with Gasteiger partial charge in [0.05, 0.1) is 7.11 Å². The molecule has 2 rings (SSSR count). The molecule has 2 atom stereocenters. The summed E-state index contributed by atoms with van der Waals surface area (Å²) in [6, 6.07) is 4.74. The molecule has 20 heavy (non-hydrogen) atoms. The normalized spacial score (nSPS) is 21.9. The highest BCUT2D eigenvalue weighted by Crippen LogP contribution is 2.24. The summed E-state index contributed by atoms with van der Waals surface area (Å²) in [6.07, 6.45) is 4.37. The lowest BCUT2D eigenvalue weighted by atomic mass is 10.0. The summed E-state index contributed by atoms with van der Waals surface area (Å²) in [6.45, 7) is 2.91. The molecule has 0 aliphatic carbocycles. The predicted octanol–water partition coefficient (Wildman–Crippen LogP) is 1.12. The van der Waals surface area contributed by atoms with Crippen molar-refractivity contribution < 1.29 is 4.74 Å². The van der Waals surface area contributed by atoms with E-state index in [1.165, 1.54) is 19.4 Å². The van der Waals surface area contributed by atoms with Gasteiger partial charge in [0.15, 0.2) is 0 Å². The molecular formula is C15H26N4O. The van der Waals surface area contributed by atoms with Crippen LogP contribution in [-0.4, -0.2) is 61.7 Å². The van der Waals surface area contributed by atoms with Crippen molar-refractivity contribution in [2.24, 2.45) is 5.73 Å². The van der Waals surface area contributed by atoms with Crippen LogP contribution in [0.3, 0.4) is 0 Å². The quantitative estimate of drug-likeness (QED) is 0.874. The number of likely N-dealkylation sites (N-methyl/N-ethyl adjacent to an activating group) is 2. The Morgan fingerprint density at radius 1 is 1.55 bits per heavy atom. The third-order valence-electron chi connectivity index (χ3n) is 4.24. The largest absolute Gasteiger partial charge is 0.481 e. The molecule has 1 aromatic heterocycles. The van der Waals surface area contributed by atoms with Gasteiger partial charge >= 0.3 is 0 Å². The van der Waals surface area contributed by atoms with Crippen LogP contribution >= 0.6 is 0 Å². The Morgan fingerprint density at radius 2 is 2.35 bits per heavy atom. The fourth-order valence-corrected chi connectivity index (χ4v) is 2.97. The van der Waals surface area contributed by atoms with Crippen molar-refractivity contribution in [2.45, 2.75) is 24.9 Å². The van der Waals surface area contributed by atoms with Gasteiger partial charge in [0.1, 0.15) is 0 Å². The first-order chi connectivity index (χ1) is 9.65. The molecule has 1 aromatic rings. The molecule has 2 unspecified atom stereocenters. The Hall–Kier alpha value is -1.17. The number of piperidine rings is 1. The van der Waals surface area contributed by atoms with Crippen LogP contribution < -0.4 is 10.5 Å². The molecular weight excluding hydrogens is 252 g/mol.